The molecule has 1 heterocycles. The first-order chi connectivity index (χ1) is 8.20. The van der Waals surface area contributed by atoms with Gasteiger partial charge in [-0.1, -0.05) is 0 Å². The number of hydrogen-bond acceptors (Lipinski definition) is 2. The van der Waals surface area contributed by atoms with Crippen LogP contribution in [0.25, 0.3) is 0 Å². The van der Waals surface area contributed by atoms with Crippen molar-refractivity contribution < 1.29 is 8.78 Å². The Labute approximate surface area is 105 Å². The van der Waals surface area contributed by atoms with E-state index in [1.807, 2.05) is 0 Å². The van der Waals surface area contributed by atoms with Crippen LogP contribution in [0.1, 0.15) is 18.4 Å². The van der Waals surface area contributed by atoms with Crippen molar-refractivity contribution >= 4 is 11.8 Å². The zero-order valence-corrected chi connectivity index (χ0v) is 10.7. The molecule has 0 amide bonds. The fourth-order valence-corrected chi connectivity index (χ4v) is 2.87. The van der Waals surface area contributed by atoms with Crippen LogP contribution in [0.3, 0.4) is 0 Å². The maximum Gasteiger partial charge on any atom is 0.140 e. The average Bonchev–Trinajstić information content (AvgIpc) is 2.34. The van der Waals surface area contributed by atoms with E-state index in [2.05, 4.69) is 5.32 Å². The van der Waals surface area contributed by atoms with Crippen molar-refractivity contribution in [3.05, 3.63) is 29.3 Å². The molecule has 4 heteroatoms. The summed E-state index contributed by atoms with van der Waals surface area (Å²) in [5.41, 5.74) is 0.517. The minimum Gasteiger partial charge on any atom is -0.316 e. The lowest BCUT2D eigenvalue weighted by Crippen LogP contribution is -2.31. The molecule has 0 saturated carbocycles. The van der Waals surface area contributed by atoms with Crippen LogP contribution in [0.15, 0.2) is 17.0 Å². The molecular weight excluding hydrogens is 240 g/mol. The van der Waals surface area contributed by atoms with E-state index in [9.17, 15) is 8.78 Å². The fourth-order valence-electron chi connectivity index (χ4n) is 2.32. The topological polar surface area (TPSA) is 12.0 Å². The lowest BCUT2D eigenvalue weighted by molar-refractivity contribution is 0.370. The maximum absolute atomic E-state index is 14.0. The van der Waals surface area contributed by atoms with E-state index >= 15 is 0 Å². The summed E-state index contributed by atoms with van der Waals surface area (Å²) in [5.74, 6) is -0.159. The van der Waals surface area contributed by atoms with Crippen molar-refractivity contribution in [2.24, 2.45) is 5.92 Å². The van der Waals surface area contributed by atoms with Crippen LogP contribution < -0.4 is 5.32 Å². The summed E-state index contributed by atoms with van der Waals surface area (Å²) in [5, 5.41) is 3.30. The monoisotopic (exact) mass is 257 g/mol. The number of piperidine rings is 1. The van der Waals surface area contributed by atoms with E-state index < -0.39 is 0 Å². The van der Waals surface area contributed by atoms with Crippen LogP contribution >= 0.6 is 11.8 Å². The van der Waals surface area contributed by atoms with Crippen molar-refractivity contribution in [3.63, 3.8) is 0 Å². The third kappa shape index (κ3) is 3.19. The largest absolute Gasteiger partial charge is 0.316 e. The Kier molecular flexibility index (Phi) is 4.40. The molecule has 0 radical (unpaired) electrons. The van der Waals surface area contributed by atoms with Crippen molar-refractivity contribution in [1.82, 2.24) is 5.32 Å². The molecule has 1 N–H and O–H groups in total. The summed E-state index contributed by atoms with van der Waals surface area (Å²) in [7, 11) is 0. The lowest BCUT2D eigenvalue weighted by Gasteiger charge is -2.23. The van der Waals surface area contributed by atoms with Crippen molar-refractivity contribution in [1.29, 1.82) is 0 Å². The van der Waals surface area contributed by atoms with E-state index in [0.717, 1.165) is 25.9 Å². The van der Waals surface area contributed by atoms with E-state index in [1.54, 1.807) is 6.26 Å². The average molecular weight is 257 g/mol. The van der Waals surface area contributed by atoms with E-state index in [0.29, 0.717) is 22.8 Å². The third-order valence-corrected chi connectivity index (χ3v) is 3.94. The molecule has 1 aliphatic rings. The molecule has 17 heavy (non-hydrogen) atoms. The van der Waals surface area contributed by atoms with E-state index in [-0.39, 0.29) is 11.6 Å². The fraction of sp³-hybridized carbons (Fsp3) is 0.538. The second kappa shape index (κ2) is 5.83. The first kappa shape index (κ1) is 12.8. The van der Waals surface area contributed by atoms with Crippen molar-refractivity contribution in [2.45, 2.75) is 24.2 Å². The molecule has 0 aliphatic carbocycles. The maximum atomic E-state index is 14.0. The summed E-state index contributed by atoms with van der Waals surface area (Å²) >= 11 is 1.26. The number of rotatable bonds is 3. The normalized spacial score (nSPS) is 20.5. The highest BCUT2D eigenvalue weighted by atomic mass is 32.2. The molecule has 1 nitrogen and oxygen atoms in total. The second-order valence-corrected chi connectivity index (χ2v) is 5.35. The molecule has 1 aliphatic heterocycles. The highest BCUT2D eigenvalue weighted by molar-refractivity contribution is 7.98. The molecule has 1 atom stereocenters. The van der Waals surface area contributed by atoms with Gasteiger partial charge in [-0.15, -0.1) is 11.8 Å². The molecule has 1 unspecified atom stereocenters. The van der Waals surface area contributed by atoms with Gasteiger partial charge in [0.05, 0.1) is 0 Å². The number of benzene rings is 1. The number of thioether (sulfide) groups is 1. The van der Waals surface area contributed by atoms with Gasteiger partial charge in [-0.05, 0) is 62.2 Å². The Bertz CT molecular complexity index is 389. The van der Waals surface area contributed by atoms with Crippen LogP contribution in [-0.4, -0.2) is 19.3 Å². The Morgan fingerprint density at radius 3 is 2.88 bits per heavy atom. The molecule has 1 saturated heterocycles. The van der Waals surface area contributed by atoms with E-state index in [1.165, 1.54) is 23.9 Å². The minimum absolute atomic E-state index is 0.246. The van der Waals surface area contributed by atoms with Crippen LogP contribution in [0.5, 0.6) is 0 Å². The quantitative estimate of drug-likeness (QED) is 0.834. The smallest absolute Gasteiger partial charge is 0.140 e. The summed E-state index contributed by atoms with van der Waals surface area (Å²) in [4.78, 5) is 0.406. The molecule has 1 fully saturated rings. The first-order valence-electron chi connectivity index (χ1n) is 5.93. The summed E-state index contributed by atoms with van der Waals surface area (Å²) < 4.78 is 27.4. The van der Waals surface area contributed by atoms with Crippen LogP contribution in [-0.2, 0) is 6.42 Å². The molecule has 0 bridgehead atoms. The lowest BCUT2D eigenvalue weighted by atomic mass is 9.92. The van der Waals surface area contributed by atoms with E-state index in [4.69, 9.17) is 0 Å². The Balaban J connectivity index is 2.16. The minimum atomic E-state index is -0.338. The van der Waals surface area contributed by atoms with Gasteiger partial charge in [0.15, 0.2) is 0 Å². The van der Waals surface area contributed by atoms with Crippen molar-refractivity contribution in [3.8, 4) is 0 Å². The van der Waals surface area contributed by atoms with Gasteiger partial charge >= 0.3 is 0 Å². The molecule has 0 spiro atoms. The Morgan fingerprint density at radius 1 is 1.41 bits per heavy atom. The highest BCUT2D eigenvalue weighted by Crippen LogP contribution is 2.26. The molecule has 94 valence electrons. The Morgan fingerprint density at radius 2 is 2.24 bits per heavy atom. The third-order valence-electron chi connectivity index (χ3n) is 3.21. The van der Waals surface area contributed by atoms with Crippen LogP contribution in [0.2, 0.25) is 0 Å². The van der Waals surface area contributed by atoms with Gasteiger partial charge in [0, 0.05) is 4.90 Å². The molecule has 1 aromatic carbocycles. The van der Waals surface area contributed by atoms with Gasteiger partial charge in [-0.3, -0.25) is 0 Å². The summed E-state index contributed by atoms with van der Waals surface area (Å²) in [6.07, 6.45) is 4.61. The summed E-state index contributed by atoms with van der Waals surface area (Å²) in [6.45, 7) is 1.95. The van der Waals surface area contributed by atoms with Crippen LogP contribution in [0, 0.1) is 17.6 Å². The zero-order chi connectivity index (χ0) is 12.3. The van der Waals surface area contributed by atoms with Gasteiger partial charge in [-0.25, -0.2) is 8.78 Å². The number of nitrogens with one attached hydrogen (secondary N) is 1. The molecule has 2 rings (SSSR count). The molecule has 1 aromatic rings. The standard InChI is InChI=1S/C13H17F2NS/c1-17-12-7-11(14)6-10(13(12)15)5-9-3-2-4-16-8-9/h6-7,9,16H,2-5,8H2,1H3. The van der Waals surface area contributed by atoms with Crippen molar-refractivity contribution in [2.75, 3.05) is 19.3 Å². The summed E-state index contributed by atoms with van der Waals surface area (Å²) in [6, 6.07) is 2.60. The molecular formula is C13H17F2NS. The Hall–Kier alpha value is -0.610. The highest BCUT2D eigenvalue weighted by Gasteiger charge is 2.17. The van der Waals surface area contributed by atoms with Gasteiger partial charge in [0.2, 0.25) is 0 Å². The van der Waals surface area contributed by atoms with Gasteiger partial charge in [-0.2, -0.15) is 0 Å². The van der Waals surface area contributed by atoms with Crippen LogP contribution in [0.4, 0.5) is 8.78 Å². The zero-order valence-electron chi connectivity index (χ0n) is 9.93. The van der Waals surface area contributed by atoms with Gasteiger partial charge in [0.1, 0.15) is 11.6 Å². The number of halogens is 2. The van der Waals surface area contributed by atoms with Gasteiger partial charge < -0.3 is 5.32 Å². The second-order valence-electron chi connectivity index (χ2n) is 4.50. The predicted octanol–water partition coefficient (Wildman–Crippen LogP) is 3.23. The first-order valence-corrected chi connectivity index (χ1v) is 7.16. The van der Waals surface area contributed by atoms with Gasteiger partial charge in [0.25, 0.3) is 0 Å². The number of hydrogen-bond donors (Lipinski definition) is 1. The predicted molar refractivity (Wildman–Crippen MR) is 67.4 cm³/mol. The SMILES string of the molecule is CSc1cc(F)cc(CC2CCCNC2)c1F. The molecule has 0 aromatic heterocycles.